The summed E-state index contributed by atoms with van der Waals surface area (Å²) < 4.78 is 0. The smallest absolute Gasteiger partial charge is 0.320 e. The Morgan fingerprint density at radius 2 is 1.79 bits per heavy atom. The molecule has 0 radical (unpaired) electrons. The van der Waals surface area contributed by atoms with Crippen LogP contribution in [0.15, 0.2) is 34.7 Å². The highest BCUT2D eigenvalue weighted by Gasteiger charge is 2.31. The van der Waals surface area contributed by atoms with E-state index >= 15 is 0 Å². The third-order valence-electron chi connectivity index (χ3n) is 4.49. The summed E-state index contributed by atoms with van der Waals surface area (Å²) in [6, 6.07) is 5.91. The molecule has 1 amide bonds. The van der Waals surface area contributed by atoms with Crippen LogP contribution in [-0.2, 0) is 14.4 Å². The van der Waals surface area contributed by atoms with Gasteiger partial charge in [-0.3, -0.25) is 24.1 Å². The van der Waals surface area contributed by atoms with Crippen LogP contribution in [0.1, 0.15) is 44.0 Å². The maximum atomic E-state index is 12.9. The van der Waals surface area contributed by atoms with Gasteiger partial charge in [-0.05, 0) is 50.6 Å². The first-order valence-electron chi connectivity index (χ1n) is 8.96. The number of aliphatic carboxylic acids is 1. The predicted octanol–water partition coefficient (Wildman–Crippen LogP) is 2.93. The maximum absolute atomic E-state index is 12.9. The van der Waals surface area contributed by atoms with E-state index < -0.39 is 12.0 Å². The van der Waals surface area contributed by atoms with Crippen molar-refractivity contribution >= 4 is 40.2 Å². The Kier molecular flexibility index (Phi) is 7.53. The molecule has 2 rings (SSSR count). The van der Waals surface area contributed by atoms with Crippen molar-refractivity contribution in [2.45, 2.75) is 39.7 Å². The first-order chi connectivity index (χ1) is 13.2. The number of allylic oxidation sites excluding steroid dienone is 1. The lowest BCUT2D eigenvalue weighted by atomic mass is 10.0. The van der Waals surface area contributed by atoms with Crippen molar-refractivity contribution in [1.29, 1.82) is 0 Å². The number of likely N-dealkylation sites (tertiary alicyclic amines) is 1. The number of carbonyl (C=O) groups excluding carboxylic acids is 3. The van der Waals surface area contributed by atoms with E-state index in [1.807, 2.05) is 0 Å². The van der Waals surface area contributed by atoms with Gasteiger partial charge < -0.3 is 10.4 Å². The Balaban J connectivity index is 2.26. The number of ketones is 1. The molecule has 1 saturated heterocycles. The van der Waals surface area contributed by atoms with Crippen LogP contribution in [-0.4, -0.2) is 51.9 Å². The van der Waals surface area contributed by atoms with Gasteiger partial charge in [0.25, 0.3) is 0 Å². The number of carboxylic acids is 1. The van der Waals surface area contributed by atoms with E-state index in [4.69, 9.17) is 0 Å². The fourth-order valence-corrected chi connectivity index (χ4v) is 3.95. The number of Topliss-reactive ketones (excluding diaryl/α,β-unsaturated/α-hetero) is 1. The van der Waals surface area contributed by atoms with Gasteiger partial charge in [0.05, 0.1) is 0 Å². The van der Waals surface area contributed by atoms with E-state index in [2.05, 4.69) is 5.32 Å². The zero-order valence-corrected chi connectivity index (χ0v) is 17.0. The largest absolute Gasteiger partial charge is 0.480 e. The zero-order valence-electron chi connectivity index (χ0n) is 16.2. The summed E-state index contributed by atoms with van der Waals surface area (Å²) >= 11 is 0.971. The molecule has 7 nitrogen and oxygen atoms in total. The van der Waals surface area contributed by atoms with Crippen LogP contribution >= 0.6 is 11.8 Å². The highest BCUT2D eigenvalue weighted by atomic mass is 32.2. The van der Waals surface area contributed by atoms with E-state index in [1.54, 1.807) is 36.1 Å². The van der Waals surface area contributed by atoms with Crippen LogP contribution < -0.4 is 5.32 Å². The molecule has 0 bridgehead atoms. The number of anilines is 1. The highest BCUT2D eigenvalue weighted by Crippen LogP contribution is 2.28. The Morgan fingerprint density at radius 3 is 2.32 bits per heavy atom. The minimum atomic E-state index is -0.887. The monoisotopic (exact) mass is 404 g/mol. The van der Waals surface area contributed by atoms with Crippen LogP contribution in [0.25, 0.3) is 0 Å². The molecular weight excluding hydrogens is 380 g/mol. The third kappa shape index (κ3) is 5.77. The number of hydrogen-bond donors (Lipinski definition) is 2. The summed E-state index contributed by atoms with van der Waals surface area (Å²) in [5, 5.41) is 11.8. The van der Waals surface area contributed by atoms with Crippen molar-refractivity contribution in [3.05, 3.63) is 40.3 Å². The van der Waals surface area contributed by atoms with Gasteiger partial charge >= 0.3 is 5.97 Å². The summed E-state index contributed by atoms with van der Waals surface area (Å²) in [4.78, 5) is 49.5. The molecule has 28 heavy (non-hydrogen) atoms. The van der Waals surface area contributed by atoms with Crippen molar-refractivity contribution in [2.24, 2.45) is 0 Å². The van der Waals surface area contributed by atoms with E-state index in [-0.39, 0.29) is 23.4 Å². The number of amides is 1. The van der Waals surface area contributed by atoms with Crippen molar-refractivity contribution in [2.75, 3.05) is 18.4 Å². The van der Waals surface area contributed by atoms with Gasteiger partial charge in [-0.2, -0.15) is 0 Å². The van der Waals surface area contributed by atoms with E-state index in [9.17, 15) is 24.3 Å². The summed E-state index contributed by atoms with van der Waals surface area (Å²) in [5.74, 6) is -1.32. The molecule has 1 atom stereocenters. The molecule has 1 aromatic rings. The number of rotatable bonds is 7. The quantitative estimate of drug-likeness (QED) is 0.532. The van der Waals surface area contributed by atoms with Crippen molar-refractivity contribution in [3.8, 4) is 0 Å². The second-order valence-electron chi connectivity index (χ2n) is 6.70. The van der Waals surface area contributed by atoms with Gasteiger partial charge in [0.1, 0.15) is 6.04 Å². The van der Waals surface area contributed by atoms with Crippen molar-refractivity contribution in [1.82, 2.24) is 4.90 Å². The summed E-state index contributed by atoms with van der Waals surface area (Å²) in [7, 11) is 0. The SMILES string of the molecule is CC(=O)Nc1ccc(C(=O)/C(C)=C(\CN2CCC[C@H]2C(=O)O)SC(C)=O)cc1. The lowest BCUT2D eigenvalue weighted by Crippen LogP contribution is -2.37. The first kappa shape index (κ1) is 21.8. The maximum Gasteiger partial charge on any atom is 0.320 e. The molecule has 2 N–H and O–H groups in total. The highest BCUT2D eigenvalue weighted by molar-refractivity contribution is 8.16. The van der Waals surface area contributed by atoms with Crippen molar-refractivity contribution < 1.29 is 24.3 Å². The lowest BCUT2D eigenvalue weighted by Gasteiger charge is -2.23. The van der Waals surface area contributed by atoms with Crippen LogP contribution in [0.5, 0.6) is 0 Å². The average Bonchev–Trinajstić information content (AvgIpc) is 3.08. The summed E-state index contributed by atoms with van der Waals surface area (Å²) in [6.45, 7) is 5.35. The Hall–Kier alpha value is -2.45. The fraction of sp³-hybridized carbons (Fsp3) is 0.400. The van der Waals surface area contributed by atoms with Gasteiger partial charge in [-0.15, -0.1) is 0 Å². The van der Waals surface area contributed by atoms with Gasteiger partial charge in [0.15, 0.2) is 10.9 Å². The van der Waals surface area contributed by atoms with E-state index in [0.29, 0.717) is 34.7 Å². The number of thioether (sulfide) groups is 1. The third-order valence-corrected chi connectivity index (χ3v) is 5.46. The number of nitrogens with zero attached hydrogens (tertiary/aromatic N) is 1. The number of carbonyl (C=O) groups is 4. The Morgan fingerprint density at radius 1 is 1.14 bits per heavy atom. The second kappa shape index (κ2) is 9.66. The van der Waals surface area contributed by atoms with E-state index in [1.165, 1.54) is 13.8 Å². The topological polar surface area (TPSA) is 104 Å². The standard InChI is InChI=1S/C20H24N2O5S/c1-12(19(25)15-6-8-16(9-7-15)21-13(2)23)18(28-14(3)24)11-22-10-4-5-17(22)20(26)27/h6-9,17H,4-5,10-11H2,1-3H3,(H,21,23)(H,26,27)/b18-12+/t17-/m0/s1. The molecule has 0 aliphatic carbocycles. The van der Waals surface area contributed by atoms with Gasteiger partial charge in [0.2, 0.25) is 5.91 Å². The number of nitrogens with one attached hydrogen (secondary N) is 1. The zero-order chi connectivity index (χ0) is 20.8. The fourth-order valence-electron chi connectivity index (χ4n) is 3.13. The molecule has 0 unspecified atom stereocenters. The van der Waals surface area contributed by atoms with Gasteiger partial charge in [0, 0.05) is 42.1 Å². The molecule has 150 valence electrons. The molecule has 1 heterocycles. The molecule has 1 aliphatic rings. The Bertz CT molecular complexity index is 816. The van der Waals surface area contributed by atoms with Crippen LogP contribution in [0.4, 0.5) is 5.69 Å². The molecule has 1 aliphatic heterocycles. The lowest BCUT2D eigenvalue weighted by molar-refractivity contribution is -0.142. The minimum absolute atomic E-state index is 0.158. The number of carboxylic acid groups (broad SMARTS) is 1. The predicted molar refractivity (Wildman–Crippen MR) is 108 cm³/mol. The molecule has 0 spiro atoms. The Labute approximate surface area is 168 Å². The molecule has 1 fully saturated rings. The molecule has 8 heteroatoms. The first-order valence-corrected chi connectivity index (χ1v) is 9.78. The second-order valence-corrected chi connectivity index (χ2v) is 7.97. The van der Waals surface area contributed by atoms with Crippen LogP contribution in [0, 0.1) is 0 Å². The molecular formula is C20H24N2O5S. The van der Waals surface area contributed by atoms with Gasteiger partial charge in [-0.25, -0.2) is 0 Å². The molecule has 1 aromatic carbocycles. The number of benzene rings is 1. The molecule has 0 saturated carbocycles. The number of hydrogen-bond acceptors (Lipinski definition) is 6. The average molecular weight is 404 g/mol. The van der Waals surface area contributed by atoms with Gasteiger partial charge in [-0.1, -0.05) is 11.8 Å². The summed E-state index contributed by atoms with van der Waals surface area (Å²) in [6.07, 6.45) is 1.33. The molecule has 0 aromatic heterocycles. The minimum Gasteiger partial charge on any atom is -0.480 e. The van der Waals surface area contributed by atoms with E-state index in [0.717, 1.165) is 18.2 Å². The van der Waals surface area contributed by atoms with Crippen LogP contribution in [0.3, 0.4) is 0 Å². The van der Waals surface area contributed by atoms with Crippen LogP contribution in [0.2, 0.25) is 0 Å². The van der Waals surface area contributed by atoms with Crippen molar-refractivity contribution in [3.63, 3.8) is 0 Å². The normalized spacial score (nSPS) is 17.8. The summed E-state index contributed by atoms with van der Waals surface area (Å²) in [5.41, 5.74) is 1.44.